The molecule has 60 valence electrons. The second kappa shape index (κ2) is 5.71. The zero-order valence-corrected chi connectivity index (χ0v) is 8.07. The number of amides is 1. The first-order chi connectivity index (χ1) is 4.68. The molecular weight excluding hydrogens is 194 g/mol. The molecule has 1 atom stereocenters. The Morgan fingerprint density at radius 3 is 2.70 bits per heavy atom. The van der Waals surface area contributed by atoms with Crippen molar-refractivity contribution in [1.29, 1.82) is 0 Å². The van der Waals surface area contributed by atoms with E-state index in [1.165, 1.54) is 0 Å². The fourth-order valence-electron chi connectivity index (χ4n) is 0.529. The molecule has 0 aromatic carbocycles. The summed E-state index contributed by atoms with van der Waals surface area (Å²) in [5, 5.41) is 2.80. The molecule has 0 aliphatic carbocycles. The van der Waals surface area contributed by atoms with Crippen LogP contribution in [0.2, 0.25) is 0 Å². The van der Waals surface area contributed by atoms with Gasteiger partial charge in [-0.25, -0.2) is 0 Å². The van der Waals surface area contributed by atoms with Gasteiger partial charge >= 0.3 is 0 Å². The summed E-state index contributed by atoms with van der Waals surface area (Å²) in [6, 6.07) is 0. The molecule has 0 radical (unpaired) electrons. The largest absolute Gasteiger partial charge is 0.355 e. The smallest absolute Gasteiger partial charge is 0.233 e. The first-order valence-electron chi connectivity index (χ1n) is 3.60. The van der Waals surface area contributed by atoms with E-state index in [1.54, 1.807) is 0 Å². The monoisotopic (exact) mass is 207 g/mol. The van der Waals surface area contributed by atoms with Gasteiger partial charge in [0.1, 0.15) is 0 Å². The van der Waals surface area contributed by atoms with Crippen LogP contribution in [0.1, 0.15) is 26.7 Å². The predicted molar refractivity (Wildman–Crippen MR) is 46.3 cm³/mol. The van der Waals surface area contributed by atoms with E-state index in [0.29, 0.717) is 0 Å². The maximum atomic E-state index is 10.9. The van der Waals surface area contributed by atoms with Crippen molar-refractivity contribution in [3.63, 3.8) is 0 Å². The molecule has 0 spiro atoms. The lowest BCUT2D eigenvalue weighted by atomic mass is 10.3. The highest BCUT2D eigenvalue weighted by molar-refractivity contribution is 9.10. The van der Waals surface area contributed by atoms with Gasteiger partial charge in [0.05, 0.1) is 4.83 Å². The second-order valence-corrected chi connectivity index (χ2v) is 3.63. The van der Waals surface area contributed by atoms with E-state index in [2.05, 4.69) is 28.2 Å². The Kier molecular flexibility index (Phi) is 5.69. The summed E-state index contributed by atoms with van der Waals surface area (Å²) in [6.45, 7) is 4.72. The van der Waals surface area contributed by atoms with Crippen LogP contribution < -0.4 is 5.32 Å². The number of hydrogen-bond donors (Lipinski definition) is 1. The third-order valence-corrected chi connectivity index (χ3v) is 1.61. The highest BCUT2D eigenvalue weighted by Gasteiger charge is 2.05. The molecule has 0 saturated carbocycles. The Hall–Kier alpha value is -0.0500. The number of alkyl halides is 1. The van der Waals surface area contributed by atoms with Crippen LogP contribution in [0, 0.1) is 0 Å². The summed E-state index contributed by atoms with van der Waals surface area (Å²) in [5.41, 5.74) is 0. The average Bonchev–Trinajstić information content (AvgIpc) is 1.88. The molecule has 0 aromatic heterocycles. The Balaban J connectivity index is 3.22. The molecule has 0 heterocycles. The summed E-state index contributed by atoms with van der Waals surface area (Å²) in [4.78, 5) is 10.8. The lowest BCUT2D eigenvalue weighted by Gasteiger charge is -2.04. The van der Waals surface area contributed by atoms with E-state index >= 15 is 0 Å². The van der Waals surface area contributed by atoms with Gasteiger partial charge in [0, 0.05) is 6.54 Å². The van der Waals surface area contributed by atoms with Gasteiger partial charge in [-0.3, -0.25) is 4.79 Å². The minimum absolute atomic E-state index is 0.0654. The van der Waals surface area contributed by atoms with Crippen molar-refractivity contribution in [2.45, 2.75) is 31.5 Å². The van der Waals surface area contributed by atoms with Gasteiger partial charge in [-0.15, -0.1) is 0 Å². The van der Waals surface area contributed by atoms with Crippen LogP contribution in [-0.2, 0) is 4.79 Å². The molecule has 0 unspecified atom stereocenters. The summed E-state index contributed by atoms with van der Waals surface area (Å²) in [5.74, 6) is 0.0773. The van der Waals surface area contributed by atoms with Crippen molar-refractivity contribution < 1.29 is 4.79 Å². The first-order valence-corrected chi connectivity index (χ1v) is 4.51. The zero-order valence-electron chi connectivity index (χ0n) is 6.48. The Morgan fingerprint density at radius 2 is 2.30 bits per heavy atom. The van der Waals surface area contributed by atoms with Crippen LogP contribution in [-0.4, -0.2) is 17.3 Å². The van der Waals surface area contributed by atoms with Crippen molar-refractivity contribution >= 4 is 21.8 Å². The van der Waals surface area contributed by atoms with E-state index in [1.807, 2.05) is 6.92 Å². The molecule has 1 N–H and O–H groups in total. The molecule has 2 nitrogen and oxygen atoms in total. The van der Waals surface area contributed by atoms with Gasteiger partial charge in [0.25, 0.3) is 0 Å². The summed E-state index contributed by atoms with van der Waals surface area (Å²) in [6.07, 6.45) is 2.18. The predicted octanol–water partition coefficient (Wildman–Crippen LogP) is 1.69. The molecular formula is C7H14BrNO. The number of unbranched alkanes of at least 4 members (excludes halogenated alkanes) is 1. The summed E-state index contributed by atoms with van der Waals surface area (Å²) in [7, 11) is 0. The standard InChI is InChI=1S/C7H14BrNO/c1-3-4-5-9-7(10)6(2)8/h6H,3-5H2,1-2H3,(H,9,10)/t6-/m1/s1. The third kappa shape index (κ3) is 4.79. The van der Waals surface area contributed by atoms with Crippen molar-refractivity contribution in [2.75, 3.05) is 6.54 Å². The van der Waals surface area contributed by atoms with Gasteiger partial charge in [0.15, 0.2) is 0 Å². The van der Waals surface area contributed by atoms with Gasteiger partial charge < -0.3 is 5.32 Å². The quantitative estimate of drug-likeness (QED) is 0.552. The molecule has 0 saturated heterocycles. The molecule has 0 aromatic rings. The maximum absolute atomic E-state index is 10.9. The fraction of sp³-hybridized carbons (Fsp3) is 0.857. The molecule has 3 heteroatoms. The van der Waals surface area contributed by atoms with E-state index in [9.17, 15) is 4.79 Å². The van der Waals surface area contributed by atoms with Gasteiger partial charge in [-0.2, -0.15) is 0 Å². The van der Waals surface area contributed by atoms with Crippen LogP contribution >= 0.6 is 15.9 Å². The minimum Gasteiger partial charge on any atom is -0.355 e. The highest BCUT2D eigenvalue weighted by atomic mass is 79.9. The SMILES string of the molecule is CCCCNC(=O)[C@@H](C)Br. The lowest BCUT2D eigenvalue weighted by Crippen LogP contribution is -2.29. The van der Waals surface area contributed by atoms with Crippen molar-refractivity contribution in [3.8, 4) is 0 Å². The number of hydrogen-bond acceptors (Lipinski definition) is 1. The van der Waals surface area contributed by atoms with Crippen LogP contribution in [0.25, 0.3) is 0 Å². The van der Waals surface area contributed by atoms with Gasteiger partial charge in [-0.05, 0) is 13.3 Å². The number of halogens is 1. The van der Waals surface area contributed by atoms with E-state index in [0.717, 1.165) is 19.4 Å². The molecule has 0 bridgehead atoms. The zero-order chi connectivity index (χ0) is 7.98. The van der Waals surface area contributed by atoms with Crippen molar-refractivity contribution in [2.24, 2.45) is 0 Å². The Bertz CT molecular complexity index is 104. The highest BCUT2D eigenvalue weighted by Crippen LogP contribution is 1.96. The maximum Gasteiger partial charge on any atom is 0.233 e. The van der Waals surface area contributed by atoms with Crippen molar-refractivity contribution in [3.05, 3.63) is 0 Å². The first kappa shape index (κ1) is 9.95. The number of carbonyl (C=O) groups excluding carboxylic acids is 1. The molecule has 10 heavy (non-hydrogen) atoms. The van der Waals surface area contributed by atoms with Gasteiger partial charge in [0.2, 0.25) is 5.91 Å². The van der Waals surface area contributed by atoms with Crippen LogP contribution in [0.15, 0.2) is 0 Å². The van der Waals surface area contributed by atoms with Gasteiger partial charge in [-0.1, -0.05) is 29.3 Å². The normalized spacial score (nSPS) is 12.7. The van der Waals surface area contributed by atoms with Crippen molar-refractivity contribution in [1.82, 2.24) is 5.32 Å². The number of carbonyl (C=O) groups is 1. The number of rotatable bonds is 4. The topological polar surface area (TPSA) is 29.1 Å². The molecule has 0 rings (SSSR count). The molecule has 0 aliphatic rings. The van der Waals surface area contributed by atoms with Crippen LogP contribution in [0.5, 0.6) is 0 Å². The van der Waals surface area contributed by atoms with E-state index in [4.69, 9.17) is 0 Å². The minimum atomic E-state index is -0.0654. The van der Waals surface area contributed by atoms with E-state index in [-0.39, 0.29) is 10.7 Å². The lowest BCUT2D eigenvalue weighted by molar-refractivity contribution is -0.120. The van der Waals surface area contributed by atoms with Crippen LogP contribution in [0.3, 0.4) is 0 Å². The molecule has 1 amide bonds. The fourth-order valence-corrected chi connectivity index (χ4v) is 0.691. The Labute approximate surface area is 70.5 Å². The molecule has 0 fully saturated rings. The second-order valence-electron chi connectivity index (χ2n) is 2.26. The summed E-state index contributed by atoms with van der Waals surface area (Å²) < 4.78 is 0. The average molecular weight is 208 g/mol. The summed E-state index contributed by atoms with van der Waals surface area (Å²) >= 11 is 3.18. The van der Waals surface area contributed by atoms with E-state index < -0.39 is 0 Å². The molecule has 0 aliphatic heterocycles. The van der Waals surface area contributed by atoms with Crippen LogP contribution in [0.4, 0.5) is 0 Å². The number of nitrogens with one attached hydrogen (secondary N) is 1. The third-order valence-electron chi connectivity index (χ3n) is 1.19. The Morgan fingerprint density at radius 1 is 1.70 bits per heavy atom.